The minimum absolute atomic E-state index is 0.0592. The van der Waals surface area contributed by atoms with Crippen LogP contribution in [0.4, 0.5) is 5.69 Å². The third-order valence-electron chi connectivity index (χ3n) is 5.20. The van der Waals surface area contributed by atoms with Gasteiger partial charge in [0.25, 0.3) is 11.5 Å². The van der Waals surface area contributed by atoms with E-state index in [0.717, 1.165) is 15.3 Å². The second-order valence-corrected chi connectivity index (χ2v) is 9.73. The molecule has 0 spiro atoms. The Morgan fingerprint density at radius 3 is 2.28 bits per heavy atom. The van der Waals surface area contributed by atoms with Gasteiger partial charge in [-0.25, -0.2) is 22.5 Å². The number of benzene rings is 1. The van der Waals surface area contributed by atoms with Crippen LogP contribution in [0.15, 0.2) is 44.9 Å². The minimum atomic E-state index is -3.62. The summed E-state index contributed by atoms with van der Waals surface area (Å²) >= 11 is 0. The lowest BCUT2D eigenvalue weighted by Crippen LogP contribution is -2.38. The summed E-state index contributed by atoms with van der Waals surface area (Å²) < 4.78 is 27.8. The van der Waals surface area contributed by atoms with Crippen molar-refractivity contribution in [2.45, 2.75) is 24.7 Å². The number of carbonyl (C=O) groups is 1. The fourth-order valence-corrected chi connectivity index (χ4v) is 4.25. The molecule has 1 aromatic carbocycles. The second kappa shape index (κ2) is 8.67. The third-order valence-corrected chi connectivity index (χ3v) is 7.03. The Morgan fingerprint density at radius 1 is 1.09 bits per heavy atom. The van der Waals surface area contributed by atoms with Gasteiger partial charge in [0.1, 0.15) is 5.39 Å². The van der Waals surface area contributed by atoms with Crippen LogP contribution in [-0.4, -0.2) is 46.8 Å². The van der Waals surface area contributed by atoms with Crippen LogP contribution in [0.2, 0.25) is 0 Å². The van der Waals surface area contributed by atoms with Crippen LogP contribution in [0, 0.1) is 0 Å². The summed E-state index contributed by atoms with van der Waals surface area (Å²) in [6.45, 7) is 1.96. The standard InChI is InChI=1S/C21H25N5O5S/c1-6-7-14-12-22-18-16(20(28)26(5)21(29)25(18)4)17(14)23-19(27)13-8-10-15(11-9-13)32(30,31)24(2)3/h8-12H,6-7H2,1-5H3,(H,22,23,27). The average Bonchev–Trinajstić information content (AvgIpc) is 2.77. The van der Waals surface area contributed by atoms with E-state index in [0.29, 0.717) is 17.7 Å². The van der Waals surface area contributed by atoms with Crippen molar-refractivity contribution in [2.24, 2.45) is 14.1 Å². The van der Waals surface area contributed by atoms with Gasteiger partial charge < -0.3 is 5.32 Å². The predicted molar refractivity (Wildman–Crippen MR) is 121 cm³/mol. The molecule has 0 saturated carbocycles. The fraction of sp³-hybridized carbons (Fsp3) is 0.333. The molecule has 1 amide bonds. The predicted octanol–water partition coefficient (Wildman–Crippen LogP) is 1.09. The third kappa shape index (κ3) is 3.96. The van der Waals surface area contributed by atoms with Crippen LogP contribution >= 0.6 is 0 Å². The van der Waals surface area contributed by atoms with E-state index in [1.807, 2.05) is 6.92 Å². The maximum atomic E-state index is 13.0. The molecule has 3 aromatic rings. The molecule has 170 valence electrons. The lowest BCUT2D eigenvalue weighted by atomic mass is 10.1. The van der Waals surface area contributed by atoms with Crippen molar-refractivity contribution in [3.63, 3.8) is 0 Å². The lowest BCUT2D eigenvalue weighted by Gasteiger charge is -2.16. The number of rotatable bonds is 6. The first-order chi connectivity index (χ1) is 15.0. The van der Waals surface area contributed by atoms with Crippen molar-refractivity contribution < 1.29 is 13.2 Å². The van der Waals surface area contributed by atoms with Gasteiger partial charge in [-0.1, -0.05) is 13.3 Å². The van der Waals surface area contributed by atoms with E-state index in [2.05, 4.69) is 10.3 Å². The van der Waals surface area contributed by atoms with Crippen LogP contribution in [0.25, 0.3) is 11.0 Å². The molecular weight excluding hydrogens is 434 g/mol. The van der Waals surface area contributed by atoms with Crippen molar-refractivity contribution in [3.8, 4) is 0 Å². The Bertz CT molecular complexity index is 1420. The summed E-state index contributed by atoms with van der Waals surface area (Å²) in [4.78, 5) is 42.5. The van der Waals surface area contributed by atoms with Gasteiger partial charge >= 0.3 is 5.69 Å². The zero-order valence-corrected chi connectivity index (χ0v) is 19.4. The van der Waals surface area contributed by atoms with E-state index < -0.39 is 27.2 Å². The molecule has 0 atom stereocenters. The van der Waals surface area contributed by atoms with Crippen molar-refractivity contribution >= 4 is 32.7 Å². The van der Waals surface area contributed by atoms with E-state index >= 15 is 0 Å². The maximum Gasteiger partial charge on any atom is 0.332 e. The lowest BCUT2D eigenvalue weighted by molar-refractivity contribution is 0.102. The molecule has 0 aliphatic heterocycles. The topological polar surface area (TPSA) is 123 Å². The number of amides is 1. The van der Waals surface area contributed by atoms with Crippen molar-refractivity contribution in [1.82, 2.24) is 18.4 Å². The number of carbonyl (C=O) groups excluding carboxylic acids is 1. The van der Waals surface area contributed by atoms with Crippen molar-refractivity contribution in [3.05, 3.63) is 62.4 Å². The van der Waals surface area contributed by atoms with Gasteiger partial charge in [-0.05, 0) is 36.2 Å². The summed E-state index contributed by atoms with van der Waals surface area (Å²) in [5.74, 6) is -0.514. The maximum absolute atomic E-state index is 13.0. The number of hydrogen-bond acceptors (Lipinski definition) is 6. The highest BCUT2D eigenvalue weighted by Crippen LogP contribution is 2.25. The Kier molecular flexibility index (Phi) is 6.33. The van der Waals surface area contributed by atoms with Crippen molar-refractivity contribution in [1.29, 1.82) is 0 Å². The van der Waals surface area contributed by atoms with E-state index in [9.17, 15) is 22.8 Å². The molecule has 0 saturated heterocycles. The molecule has 0 radical (unpaired) electrons. The monoisotopic (exact) mass is 459 g/mol. The molecule has 0 fully saturated rings. The molecule has 32 heavy (non-hydrogen) atoms. The summed E-state index contributed by atoms with van der Waals surface area (Å²) in [5, 5.41) is 2.92. The highest BCUT2D eigenvalue weighted by Gasteiger charge is 2.21. The summed E-state index contributed by atoms with van der Waals surface area (Å²) in [7, 11) is 2.10. The molecule has 2 aromatic heterocycles. The number of pyridine rings is 1. The van der Waals surface area contributed by atoms with Crippen LogP contribution in [0.5, 0.6) is 0 Å². The van der Waals surface area contributed by atoms with Gasteiger partial charge in [-0.15, -0.1) is 0 Å². The quantitative estimate of drug-likeness (QED) is 0.589. The summed E-state index contributed by atoms with van der Waals surface area (Å²) in [6, 6.07) is 5.51. The summed E-state index contributed by atoms with van der Waals surface area (Å²) in [6.07, 6.45) is 2.86. The molecule has 0 unspecified atom stereocenters. The number of aryl methyl sites for hydroxylation is 2. The molecule has 2 heterocycles. The van der Waals surface area contributed by atoms with Gasteiger partial charge in [0.15, 0.2) is 5.65 Å². The normalized spacial score (nSPS) is 11.8. The van der Waals surface area contributed by atoms with Crippen LogP contribution < -0.4 is 16.6 Å². The van der Waals surface area contributed by atoms with Gasteiger partial charge in [0.2, 0.25) is 10.0 Å². The van der Waals surface area contributed by atoms with E-state index in [-0.39, 0.29) is 21.5 Å². The number of hydrogen-bond donors (Lipinski definition) is 1. The van der Waals surface area contributed by atoms with Crippen molar-refractivity contribution in [2.75, 3.05) is 19.4 Å². The fourth-order valence-electron chi connectivity index (χ4n) is 3.34. The molecule has 3 rings (SSSR count). The van der Waals surface area contributed by atoms with Gasteiger partial charge in [-0.3, -0.25) is 18.7 Å². The first kappa shape index (κ1) is 23.4. The Balaban J connectivity index is 2.12. The van der Waals surface area contributed by atoms with E-state index in [4.69, 9.17) is 0 Å². The molecule has 10 nitrogen and oxygen atoms in total. The molecule has 0 bridgehead atoms. The highest BCUT2D eigenvalue weighted by molar-refractivity contribution is 7.89. The van der Waals surface area contributed by atoms with Gasteiger partial charge in [0, 0.05) is 40.0 Å². The van der Waals surface area contributed by atoms with E-state index in [1.54, 1.807) is 6.20 Å². The zero-order valence-electron chi connectivity index (χ0n) is 18.5. The first-order valence-electron chi connectivity index (χ1n) is 9.92. The number of aromatic nitrogens is 3. The molecule has 1 N–H and O–H groups in total. The molecule has 0 aliphatic rings. The summed E-state index contributed by atoms with van der Waals surface area (Å²) in [5.41, 5.74) is 0.265. The Hall–Kier alpha value is -3.31. The number of nitrogens with one attached hydrogen (secondary N) is 1. The number of anilines is 1. The van der Waals surface area contributed by atoms with Crippen LogP contribution in [0.3, 0.4) is 0 Å². The van der Waals surface area contributed by atoms with Crippen LogP contribution in [0.1, 0.15) is 29.3 Å². The van der Waals surface area contributed by atoms with Gasteiger partial charge in [-0.2, -0.15) is 0 Å². The Labute approximate surface area is 185 Å². The average molecular weight is 460 g/mol. The molecular formula is C21H25N5O5S. The molecule has 0 aliphatic carbocycles. The second-order valence-electron chi connectivity index (χ2n) is 7.58. The minimum Gasteiger partial charge on any atom is -0.321 e. The Morgan fingerprint density at radius 2 is 1.72 bits per heavy atom. The largest absolute Gasteiger partial charge is 0.332 e. The van der Waals surface area contributed by atoms with E-state index in [1.165, 1.54) is 57.0 Å². The van der Waals surface area contributed by atoms with Gasteiger partial charge in [0.05, 0.1) is 10.6 Å². The first-order valence-corrected chi connectivity index (χ1v) is 11.4. The highest BCUT2D eigenvalue weighted by atomic mass is 32.2. The molecule has 11 heteroatoms. The number of fused-ring (bicyclic) bond motifs is 1. The zero-order chi connectivity index (χ0) is 23.8. The number of sulfonamides is 1. The SMILES string of the molecule is CCCc1cnc2c(c1NC(=O)c1ccc(S(=O)(=O)N(C)C)cc1)c(=O)n(C)c(=O)n2C. The van der Waals surface area contributed by atoms with Crippen LogP contribution in [-0.2, 0) is 30.5 Å². The smallest absolute Gasteiger partial charge is 0.321 e. The number of nitrogens with zero attached hydrogens (tertiary/aromatic N) is 4.